The Morgan fingerprint density at radius 2 is 2.17 bits per heavy atom. The lowest BCUT2D eigenvalue weighted by Gasteiger charge is -2.33. The number of amides is 1. The lowest BCUT2D eigenvalue weighted by Crippen LogP contribution is -2.47. The number of benzene rings is 1. The number of hydrogen-bond acceptors (Lipinski definition) is 4. The molecule has 24 heavy (non-hydrogen) atoms. The van der Waals surface area contributed by atoms with Gasteiger partial charge in [0.15, 0.2) is 0 Å². The van der Waals surface area contributed by atoms with Crippen molar-refractivity contribution < 1.29 is 14.3 Å². The lowest BCUT2D eigenvalue weighted by molar-refractivity contribution is 0.0632. The summed E-state index contributed by atoms with van der Waals surface area (Å²) in [6, 6.07) is 7.92. The molecule has 0 aliphatic carbocycles. The van der Waals surface area contributed by atoms with Gasteiger partial charge in [0, 0.05) is 25.7 Å². The molecule has 0 radical (unpaired) electrons. The molecule has 5 nitrogen and oxygen atoms in total. The van der Waals surface area contributed by atoms with Gasteiger partial charge >= 0.3 is 0 Å². The van der Waals surface area contributed by atoms with E-state index in [1.807, 2.05) is 36.2 Å². The number of para-hydroxylation sites is 1. The number of likely N-dealkylation sites (tertiary alicyclic amines) is 1. The zero-order valence-electron chi connectivity index (χ0n) is 14.2. The first-order valence-electron chi connectivity index (χ1n) is 8.58. The zero-order valence-corrected chi connectivity index (χ0v) is 15.0. The van der Waals surface area contributed by atoms with Gasteiger partial charge in [0.05, 0.1) is 11.7 Å². The number of piperidine rings is 1. The first-order valence-corrected chi connectivity index (χ1v) is 8.58. The first kappa shape index (κ1) is 19.0. The van der Waals surface area contributed by atoms with Crippen molar-refractivity contribution in [2.45, 2.75) is 37.8 Å². The Balaban J connectivity index is 0.00000208. The van der Waals surface area contributed by atoms with Crippen molar-refractivity contribution in [3.63, 3.8) is 0 Å². The maximum Gasteiger partial charge on any atom is 0.257 e. The third kappa shape index (κ3) is 4.62. The van der Waals surface area contributed by atoms with Crippen molar-refractivity contribution in [2.24, 2.45) is 0 Å². The fourth-order valence-corrected chi connectivity index (χ4v) is 3.30. The molecule has 0 spiro atoms. The molecule has 2 atom stereocenters. The molecule has 2 aliphatic rings. The predicted molar refractivity (Wildman–Crippen MR) is 96.1 cm³/mol. The molecule has 6 heteroatoms. The van der Waals surface area contributed by atoms with Crippen LogP contribution in [0.5, 0.6) is 5.75 Å². The number of nitrogens with zero attached hydrogens (tertiary/aromatic N) is 1. The van der Waals surface area contributed by atoms with Crippen LogP contribution < -0.4 is 10.1 Å². The van der Waals surface area contributed by atoms with Crippen LogP contribution in [0.2, 0.25) is 0 Å². The largest absolute Gasteiger partial charge is 0.490 e. The Morgan fingerprint density at radius 1 is 1.33 bits per heavy atom. The lowest BCUT2D eigenvalue weighted by atomic mass is 10.0. The zero-order chi connectivity index (χ0) is 16.1. The van der Waals surface area contributed by atoms with Crippen LogP contribution in [-0.4, -0.2) is 56.3 Å². The predicted octanol–water partition coefficient (Wildman–Crippen LogP) is 2.49. The van der Waals surface area contributed by atoms with E-state index in [2.05, 4.69) is 5.32 Å². The van der Waals surface area contributed by atoms with Crippen molar-refractivity contribution in [3.8, 4) is 5.75 Å². The van der Waals surface area contributed by atoms with Crippen LogP contribution in [0.15, 0.2) is 24.3 Å². The summed E-state index contributed by atoms with van der Waals surface area (Å²) in [6.07, 6.45) is 4.44. The maximum atomic E-state index is 12.9. The van der Waals surface area contributed by atoms with Crippen LogP contribution in [0.1, 0.15) is 36.0 Å². The van der Waals surface area contributed by atoms with Crippen LogP contribution in [0.3, 0.4) is 0 Å². The monoisotopic (exact) mass is 354 g/mol. The average molecular weight is 355 g/mol. The van der Waals surface area contributed by atoms with Gasteiger partial charge in [-0.3, -0.25) is 4.79 Å². The minimum atomic E-state index is 0. The normalized spacial score (nSPS) is 23.6. The van der Waals surface area contributed by atoms with E-state index in [0.717, 1.165) is 45.4 Å². The van der Waals surface area contributed by atoms with E-state index < -0.39 is 0 Å². The second-order valence-electron chi connectivity index (χ2n) is 6.32. The minimum absolute atomic E-state index is 0. The topological polar surface area (TPSA) is 50.8 Å². The molecule has 2 fully saturated rings. The molecule has 0 bridgehead atoms. The Bertz CT molecular complexity index is 535. The van der Waals surface area contributed by atoms with Crippen LogP contribution in [0.25, 0.3) is 0 Å². The van der Waals surface area contributed by atoms with E-state index in [1.165, 1.54) is 0 Å². The SMILES string of the molecule is CNC1CCCN(C(=O)c2ccccc2OCC2CCCO2)C1.Cl. The molecular weight excluding hydrogens is 328 g/mol. The van der Waals surface area contributed by atoms with Gasteiger partial charge in [-0.15, -0.1) is 12.4 Å². The van der Waals surface area contributed by atoms with Crippen LogP contribution in [0, 0.1) is 0 Å². The van der Waals surface area contributed by atoms with E-state index >= 15 is 0 Å². The quantitative estimate of drug-likeness (QED) is 0.882. The van der Waals surface area contributed by atoms with Gasteiger partial charge in [0.25, 0.3) is 5.91 Å². The Labute approximate surface area is 150 Å². The highest BCUT2D eigenvalue weighted by atomic mass is 35.5. The number of hydrogen-bond donors (Lipinski definition) is 1. The summed E-state index contributed by atoms with van der Waals surface area (Å²) in [6.45, 7) is 2.91. The molecule has 2 aliphatic heterocycles. The Hall–Kier alpha value is -1.30. The van der Waals surface area contributed by atoms with E-state index in [9.17, 15) is 4.79 Å². The summed E-state index contributed by atoms with van der Waals surface area (Å²) >= 11 is 0. The van der Waals surface area contributed by atoms with Crippen LogP contribution >= 0.6 is 12.4 Å². The van der Waals surface area contributed by atoms with Gasteiger partial charge in [0.1, 0.15) is 12.4 Å². The Morgan fingerprint density at radius 3 is 2.92 bits per heavy atom. The number of halogens is 1. The first-order chi connectivity index (χ1) is 11.3. The number of carbonyl (C=O) groups is 1. The average Bonchev–Trinajstić information content (AvgIpc) is 3.13. The van der Waals surface area contributed by atoms with Crippen molar-refractivity contribution in [2.75, 3.05) is 33.4 Å². The number of nitrogens with one attached hydrogen (secondary N) is 1. The third-order valence-corrected chi connectivity index (χ3v) is 4.68. The maximum absolute atomic E-state index is 12.9. The van der Waals surface area contributed by atoms with Crippen molar-refractivity contribution in [1.82, 2.24) is 10.2 Å². The van der Waals surface area contributed by atoms with Gasteiger partial charge in [-0.05, 0) is 44.9 Å². The Kier molecular flexibility index (Phi) is 7.34. The molecule has 2 saturated heterocycles. The molecule has 1 amide bonds. The summed E-state index contributed by atoms with van der Waals surface area (Å²) in [5.41, 5.74) is 0.655. The fraction of sp³-hybridized carbons (Fsp3) is 0.611. The molecule has 2 unspecified atom stereocenters. The third-order valence-electron chi connectivity index (χ3n) is 4.68. The number of rotatable bonds is 5. The summed E-state index contributed by atoms with van der Waals surface area (Å²) in [5.74, 6) is 0.729. The summed E-state index contributed by atoms with van der Waals surface area (Å²) in [4.78, 5) is 14.8. The molecule has 134 valence electrons. The van der Waals surface area contributed by atoms with Gasteiger partial charge in [0.2, 0.25) is 0 Å². The van der Waals surface area contributed by atoms with Gasteiger partial charge in [-0.1, -0.05) is 12.1 Å². The molecule has 0 aromatic heterocycles. The smallest absolute Gasteiger partial charge is 0.257 e. The van der Waals surface area contributed by atoms with Crippen molar-refractivity contribution in [1.29, 1.82) is 0 Å². The second-order valence-corrected chi connectivity index (χ2v) is 6.32. The second kappa shape index (κ2) is 9.25. The van der Waals surface area contributed by atoms with E-state index in [4.69, 9.17) is 9.47 Å². The molecule has 1 aromatic rings. The number of likely N-dealkylation sites (N-methyl/N-ethyl adjacent to an activating group) is 1. The molecule has 3 rings (SSSR count). The van der Waals surface area contributed by atoms with Crippen LogP contribution in [0.4, 0.5) is 0 Å². The highest BCUT2D eigenvalue weighted by Gasteiger charge is 2.26. The van der Waals surface area contributed by atoms with Gasteiger partial charge in [-0.2, -0.15) is 0 Å². The molecule has 2 heterocycles. The number of carbonyl (C=O) groups excluding carboxylic acids is 1. The van der Waals surface area contributed by atoms with E-state index in [-0.39, 0.29) is 24.4 Å². The molecule has 1 N–H and O–H groups in total. The van der Waals surface area contributed by atoms with Crippen LogP contribution in [-0.2, 0) is 4.74 Å². The van der Waals surface area contributed by atoms with Crippen molar-refractivity contribution in [3.05, 3.63) is 29.8 Å². The van der Waals surface area contributed by atoms with E-state index in [1.54, 1.807) is 0 Å². The number of ether oxygens (including phenoxy) is 2. The molecule has 1 aromatic carbocycles. The van der Waals surface area contributed by atoms with E-state index in [0.29, 0.717) is 24.0 Å². The van der Waals surface area contributed by atoms with Gasteiger partial charge in [-0.25, -0.2) is 0 Å². The fourth-order valence-electron chi connectivity index (χ4n) is 3.30. The summed E-state index contributed by atoms with van der Waals surface area (Å²) in [5, 5.41) is 3.28. The molecule has 0 saturated carbocycles. The summed E-state index contributed by atoms with van der Waals surface area (Å²) < 4.78 is 11.5. The van der Waals surface area contributed by atoms with Gasteiger partial charge < -0.3 is 19.7 Å². The minimum Gasteiger partial charge on any atom is -0.490 e. The molecular formula is C18H27ClN2O3. The van der Waals surface area contributed by atoms with Crippen molar-refractivity contribution >= 4 is 18.3 Å². The highest BCUT2D eigenvalue weighted by molar-refractivity contribution is 5.97. The summed E-state index contributed by atoms with van der Waals surface area (Å²) in [7, 11) is 1.96. The standard InChI is InChI=1S/C18H26N2O3.ClH/c1-19-14-6-4-10-20(12-14)18(21)16-8-2-3-9-17(16)23-13-15-7-5-11-22-15;/h2-3,8-9,14-15,19H,4-7,10-13H2,1H3;1H. The highest BCUT2D eigenvalue weighted by Crippen LogP contribution is 2.23.